The molecule has 0 spiro atoms. The molecule has 0 fully saturated rings. The van der Waals surface area contributed by atoms with E-state index in [9.17, 15) is 9.90 Å². The fourth-order valence-electron chi connectivity index (χ4n) is 2.76. The summed E-state index contributed by atoms with van der Waals surface area (Å²) in [6, 6.07) is 15.4. The highest BCUT2D eigenvalue weighted by molar-refractivity contribution is 5.79. The van der Waals surface area contributed by atoms with E-state index in [1.54, 1.807) is 4.90 Å². The lowest BCUT2D eigenvalue weighted by molar-refractivity contribution is 0.173. The molecule has 3 aromatic rings. The van der Waals surface area contributed by atoms with E-state index in [2.05, 4.69) is 15.3 Å². The summed E-state index contributed by atoms with van der Waals surface area (Å²) in [4.78, 5) is 21.8. The van der Waals surface area contributed by atoms with E-state index in [1.807, 2.05) is 55.5 Å². The summed E-state index contributed by atoms with van der Waals surface area (Å²) < 4.78 is 0. The summed E-state index contributed by atoms with van der Waals surface area (Å²) >= 11 is 0. The van der Waals surface area contributed by atoms with E-state index in [0.29, 0.717) is 18.9 Å². The van der Waals surface area contributed by atoms with Gasteiger partial charge in [0.2, 0.25) is 0 Å². The number of aromatic nitrogens is 2. The molecule has 1 heterocycles. The number of carbonyl (C=O) groups excluding carboxylic acids is 1. The number of H-pyrrole nitrogens is 1. The van der Waals surface area contributed by atoms with Gasteiger partial charge in [0.15, 0.2) is 0 Å². The summed E-state index contributed by atoms with van der Waals surface area (Å²) in [6.45, 7) is 2.97. The minimum atomic E-state index is -0.227. The number of nitrogens with one attached hydrogen (secondary N) is 2. The maximum Gasteiger partial charge on any atom is 0.318 e. The fourth-order valence-corrected chi connectivity index (χ4v) is 2.76. The summed E-state index contributed by atoms with van der Waals surface area (Å²) in [5, 5.41) is 12.1. The van der Waals surface area contributed by atoms with Crippen molar-refractivity contribution < 1.29 is 9.90 Å². The van der Waals surface area contributed by atoms with Crippen LogP contribution in [0.2, 0.25) is 0 Å². The minimum Gasteiger partial charge on any atom is -0.395 e. The predicted octanol–water partition coefficient (Wildman–Crippen LogP) is 2.58. The maximum atomic E-state index is 12.5. The van der Waals surface area contributed by atoms with Crippen LogP contribution in [0.1, 0.15) is 17.0 Å². The molecule has 0 aliphatic carbocycles. The number of aliphatic hydroxyl groups is 1. The monoisotopic (exact) mass is 338 g/mol. The zero-order valence-corrected chi connectivity index (χ0v) is 14.2. The number of benzene rings is 2. The second kappa shape index (κ2) is 7.81. The molecule has 0 aliphatic heterocycles. The van der Waals surface area contributed by atoms with Crippen molar-refractivity contribution in [1.82, 2.24) is 20.2 Å². The number of nitrogens with zero attached hydrogens (tertiary/aromatic N) is 2. The van der Waals surface area contributed by atoms with E-state index in [1.165, 1.54) is 0 Å². The van der Waals surface area contributed by atoms with Crippen LogP contribution in [0, 0.1) is 6.92 Å². The van der Waals surface area contributed by atoms with Gasteiger partial charge in [-0.05, 0) is 24.1 Å². The van der Waals surface area contributed by atoms with Crippen LogP contribution in [0.15, 0.2) is 48.5 Å². The number of hydrogen-bond acceptors (Lipinski definition) is 3. The van der Waals surface area contributed by atoms with Crippen LogP contribution in [0.4, 0.5) is 4.79 Å². The van der Waals surface area contributed by atoms with Crippen LogP contribution in [0.25, 0.3) is 11.0 Å². The van der Waals surface area contributed by atoms with Crippen molar-refractivity contribution in [1.29, 1.82) is 0 Å². The average molecular weight is 338 g/mol. The van der Waals surface area contributed by atoms with Crippen LogP contribution >= 0.6 is 0 Å². The number of aliphatic hydroxyl groups excluding tert-OH is 1. The second-order valence-corrected chi connectivity index (χ2v) is 5.94. The number of urea groups is 1. The molecule has 0 bridgehead atoms. The van der Waals surface area contributed by atoms with Crippen LogP contribution < -0.4 is 5.32 Å². The van der Waals surface area contributed by atoms with Gasteiger partial charge in [0.1, 0.15) is 5.82 Å². The average Bonchev–Trinajstić information content (AvgIpc) is 3.05. The van der Waals surface area contributed by atoms with Crippen LogP contribution in [0.5, 0.6) is 0 Å². The lowest BCUT2D eigenvalue weighted by Crippen LogP contribution is -2.40. The van der Waals surface area contributed by atoms with Crippen molar-refractivity contribution in [3.8, 4) is 0 Å². The van der Waals surface area contributed by atoms with Crippen LogP contribution in [-0.4, -0.2) is 39.2 Å². The number of imidazole rings is 1. The van der Waals surface area contributed by atoms with Gasteiger partial charge in [-0.3, -0.25) is 0 Å². The van der Waals surface area contributed by atoms with Gasteiger partial charge in [-0.1, -0.05) is 42.5 Å². The molecule has 6 nitrogen and oxygen atoms in total. The lowest BCUT2D eigenvalue weighted by atomic mass is 10.2. The molecule has 1 aromatic heterocycles. The maximum absolute atomic E-state index is 12.5. The molecule has 0 saturated heterocycles. The van der Waals surface area contributed by atoms with Crippen molar-refractivity contribution in [2.75, 3.05) is 13.2 Å². The van der Waals surface area contributed by atoms with Gasteiger partial charge in [0.25, 0.3) is 0 Å². The highest BCUT2D eigenvalue weighted by Crippen LogP contribution is 2.15. The van der Waals surface area contributed by atoms with Gasteiger partial charge in [-0.15, -0.1) is 0 Å². The van der Waals surface area contributed by atoms with Gasteiger partial charge in [0, 0.05) is 13.1 Å². The van der Waals surface area contributed by atoms with Gasteiger partial charge >= 0.3 is 6.03 Å². The van der Waals surface area contributed by atoms with Crippen LogP contribution in [0.3, 0.4) is 0 Å². The first-order valence-corrected chi connectivity index (χ1v) is 8.29. The Bertz CT molecular complexity index is 845. The molecule has 6 heteroatoms. The topological polar surface area (TPSA) is 81.2 Å². The first kappa shape index (κ1) is 17.0. The third-order valence-corrected chi connectivity index (χ3v) is 4.04. The Hall–Kier alpha value is -2.86. The smallest absolute Gasteiger partial charge is 0.318 e. The van der Waals surface area contributed by atoms with Gasteiger partial charge < -0.3 is 20.3 Å². The molecule has 0 atom stereocenters. The number of aryl methyl sites for hydroxylation is 1. The van der Waals surface area contributed by atoms with Crippen molar-refractivity contribution in [3.63, 3.8) is 0 Å². The van der Waals surface area contributed by atoms with E-state index in [0.717, 1.165) is 22.2 Å². The highest BCUT2D eigenvalue weighted by atomic mass is 16.3. The summed E-state index contributed by atoms with van der Waals surface area (Å²) in [6.07, 6.45) is 0. The van der Waals surface area contributed by atoms with Crippen molar-refractivity contribution >= 4 is 17.1 Å². The summed E-state index contributed by atoms with van der Waals surface area (Å²) in [5.74, 6) is 0.710. The molecular formula is C19H22N4O2. The molecule has 2 aromatic carbocycles. The molecule has 3 N–H and O–H groups in total. The highest BCUT2D eigenvalue weighted by Gasteiger charge is 2.14. The Morgan fingerprint density at radius 3 is 2.72 bits per heavy atom. The van der Waals surface area contributed by atoms with E-state index in [4.69, 9.17) is 0 Å². The lowest BCUT2D eigenvalue weighted by Gasteiger charge is -2.22. The molecule has 0 saturated carbocycles. The quantitative estimate of drug-likeness (QED) is 0.646. The molecule has 25 heavy (non-hydrogen) atoms. The van der Waals surface area contributed by atoms with E-state index < -0.39 is 0 Å². The third kappa shape index (κ3) is 4.16. The standard InChI is InChI=1S/C19H22N4O2/c1-14-6-5-9-16-18(14)22-17(21-16)12-20-19(25)23(10-11-24)13-15-7-3-2-4-8-15/h2-9,24H,10-13H2,1H3,(H,20,25)(H,21,22). The molecule has 3 rings (SSSR count). The minimum absolute atomic E-state index is 0.0793. The SMILES string of the molecule is Cc1cccc2[nH]c(CNC(=O)N(CCO)Cc3ccccc3)nc12. The molecule has 2 amide bonds. The van der Waals surface area contributed by atoms with E-state index in [-0.39, 0.29) is 19.2 Å². The first-order chi connectivity index (χ1) is 12.2. The number of amides is 2. The molecule has 0 unspecified atom stereocenters. The Balaban J connectivity index is 1.65. The summed E-state index contributed by atoms with van der Waals surface area (Å²) in [5.41, 5.74) is 3.99. The van der Waals surface area contributed by atoms with Crippen molar-refractivity contribution in [3.05, 3.63) is 65.5 Å². The normalized spacial score (nSPS) is 10.8. The Labute approximate surface area is 146 Å². The molecule has 130 valence electrons. The number of aromatic amines is 1. The Kier molecular flexibility index (Phi) is 5.30. The molecular weight excluding hydrogens is 316 g/mol. The number of fused-ring (bicyclic) bond motifs is 1. The molecule has 0 radical (unpaired) electrons. The predicted molar refractivity (Wildman–Crippen MR) is 97.0 cm³/mol. The zero-order chi connectivity index (χ0) is 17.6. The second-order valence-electron chi connectivity index (χ2n) is 5.94. The fraction of sp³-hybridized carbons (Fsp3) is 0.263. The number of hydrogen-bond donors (Lipinski definition) is 3. The first-order valence-electron chi connectivity index (χ1n) is 8.29. The summed E-state index contributed by atoms with van der Waals surface area (Å²) in [7, 11) is 0. The number of carbonyl (C=O) groups is 1. The van der Waals surface area contributed by atoms with Gasteiger partial charge in [0.05, 0.1) is 24.2 Å². The number of rotatable bonds is 6. The van der Waals surface area contributed by atoms with E-state index >= 15 is 0 Å². The number of para-hydroxylation sites is 1. The van der Waals surface area contributed by atoms with Gasteiger partial charge in [-0.25, -0.2) is 9.78 Å². The van der Waals surface area contributed by atoms with Gasteiger partial charge in [-0.2, -0.15) is 0 Å². The Morgan fingerprint density at radius 2 is 2.00 bits per heavy atom. The third-order valence-electron chi connectivity index (χ3n) is 4.04. The largest absolute Gasteiger partial charge is 0.395 e. The van der Waals surface area contributed by atoms with Crippen molar-refractivity contribution in [2.24, 2.45) is 0 Å². The zero-order valence-electron chi connectivity index (χ0n) is 14.2. The van der Waals surface area contributed by atoms with Crippen LogP contribution in [-0.2, 0) is 13.1 Å². The van der Waals surface area contributed by atoms with Crippen molar-refractivity contribution in [2.45, 2.75) is 20.0 Å². The Morgan fingerprint density at radius 1 is 1.20 bits per heavy atom. The molecule has 0 aliphatic rings.